The number of hydrogen-bond donors (Lipinski definition) is 7. The van der Waals surface area contributed by atoms with E-state index in [2.05, 4.69) is 13.0 Å². The molecule has 3 saturated carbocycles. The van der Waals surface area contributed by atoms with Crippen LogP contribution in [0.1, 0.15) is 133 Å². The topological polar surface area (TPSA) is 305 Å². The summed E-state index contributed by atoms with van der Waals surface area (Å²) in [6.45, 7) is 15.6. The normalized spacial score (nSPS) is 50.8. The standard InChI is InChI=1S/C59H94O23/c1-13-27(2)54(66)78-42-25-41-56(8)17-15-34(20-33(56)14-18-58(41,67)59(68)19-16-35(28(3)61)57(42,59)9)76-44-22-37(69-10)51(30(5)73-44)80-43-21-36(62)50(29(4)72-43)79-45-23-38(70-11)52(31(6)74-45)81-46-24-39(71-12)53(32(7)75-46)82-55-49(65)48(64)47(63)40(26-60)77-55/h13-14,29-32,34-53,55,60,62-65,67-68H,15-26H2,1-12H3/b27-13+/t29-,30-,31-,32-,34+,35-,36+,37+,38+,39+,40-,41-,42-,43+,44+,45+,46+,47-,48+,49-,50-,51-,52-,53-,55+,56+,57+,58+,59-/m1/s1. The molecular formula is C59H94O23. The molecular weight excluding hydrogens is 1080 g/mol. The predicted molar refractivity (Wildman–Crippen MR) is 286 cm³/mol. The first kappa shape index (κ1) is 64.3. The molecule has 23 nitrogen and oxygen atoms in total. The first-order valence-electron chi connectivity index (χ1n) is 29.7. The Kier molecular flexibility index (Phi) is 20.0. The third-order valence-electron chi connectivity index (χ3n) is 20.7. The maximum atomic E-state index is 13.4. The number of carbonyl (C=O) groups is 2. The average molecular weight is 1170 g/mol. The minimum absolute atomic E-state index is 0.0912. The molecule has 0 aromatic heterocycles. The van der Waals surface area contributed by atoms with Gasteiger partial charge in [-0.3, -0.25) is 4.79 Å². The van der Waals surface area contributed by atoms with Crippen LogP contribution in [0.4, 0.5) is 0 Å². The fraction of sp³-hybridized carbons (Fsp3) is 0.898. The zero-order valence-corrected chi connectivity index (χ0v) is 49.7. The van der Waals surface area contributed by atoms with Crippen molar-refractivity contribution in [3.05, 3.63) is 23.3 Å². The Morgan fingerprint density at radius 2 is 1.17 bits per heavy atom. The van der Waals surface area contributed by atoms with E-state index < -0.39 is 182 Å². The number of Topliss-reactive ketones (excluding diaryl/α,β-unsaturated/α-hetero) is 1. The van der Waals surface area contributed by atoms with E-state index in [0.717, 1.165) is 5.57 Å². The largest absolute Gasteiger partial charge is 0.458 e. The molecule has 0 amide bonds. The lowest BCUT2D eigenvalue weighted by molar-refractivity contribution is -0.358. The zero-order chi connectivity index (χ0) is 59.5. The van der Waals surface area contributed by atoms with Gasteiger partial charge in [0.1, 0.15) is 71.9 Å². The smallest absolute Gasteiger partial charge is 0.333 e. The molecule has 0 radical (unpaired) electrons. The van der Waals surface area contributed by atoms with Crippen LogP contribution in [0.15, 0.2) is 23.3 Å². The van der Waals surface area contributed by atoms with Gasteiger partial charge in [0, 0.05) is 69.8 Å². The fourth-order valence-electron chi connectivity index (χ4n) is 15.8. The van der Waals surface area contributed by atoms with Gasteiger partial charge in [-0.05, 0) is 98.8 Å². The van der Waals surface area contributed by atoms with Crippen molar-refractivity contribution in [2.24, 2.45) is 22.7 Å². The molecule has 5 saturated heterocycles. The predicted octanol–water partition coefficient (Wildman–Crippen LogP) is 2.54. The van der Waals surface area contributed by atoms with Gasteiger partial charge < -0.3 is 102 Å². The number of fused-ring (bicyclic) bond motifs is 5. The fourth-order valence-corrected chi connectivity index (χ4v) is 15.8. The van der Waals surface area contributed by atoms with Gasteiger partial charge in [0.25, 0.3) is 0 Å². The van der Waals surface area contributed by atoms with Crippen LogP contribution < -0.4 is 0 Å². The molecule has 5 aliphatic heterocycles. The van der Waals surface area contributed by atoms with Crippen molar-refractivity contribution in [2.75, 3.05) is 27.9 Å². The Balaban J connectivity index is 0.761. The van der Waals surface area contributed by atoms with Crippen molar-refractivity contribution in [3.8, 4) is 0 Å². The van der Waals surface area contributed by atoms with E-state index in [4.69, 9.17) is 66.3 Å². The highest BCUT2D eigenvalue weighted by molar-refractivity contribution is 5.88. The number of allylic oxidation sites excluding steroid dienone is 1. The molecule has 4 aliphatic carbocycles. The van der Waals surface area contributed by atoms with Crippen molar-refractivity contribution < 1.29 is 112 Å². The minimum atomic E-state index is -1.68. The van der Waals surface area contributed by atoms with Crippen molar-refractivity contribution in [1.29, 1.82) is 0 Å². The molecule has 23 heteroatoms. The molecule has 8 fully saturated rings. The second-order valence-electron chi connectivity index (χ2n) is 25.3. The van der Waals surface area contributed by atoms with Crippen LogP contribution in [0.2, 0.25) is 0 Å². The lowest BCUT2D eigenvalue weighted by Crippen LogP contribution is -2.75. The van der Waals surface area contributed by atoms with E-state index in [9.17, 15) is 45.3 Å². The van der Waals surface area contributed by atoms with E-state index >= 15 is 0 Å². The number of hydrogen-bond acceptors (Lipinski definition) is 23. The summed E-state index contributed by atoms with van der Waals surface area (Å²) in [4.78, 5) is 26.6. The van der Waals surface area contributed by atoms with Gasteiger partial charge in [-0.15, -0.1) is 0 Å². The number of rotatable bonds is 17. The second-order valence-corrected chi connectivity index (χ2v) is 25.3. The molecule has 0 spiro atoms. The summed E-state index contributed by atoms with van der Waals surface area (Å²) in [5.74, 6) is -1.63. The Morgan fingerprint density at radius 3 is 1.68 bits per heavy atom. The van der Waals surface area contributed by atoms with Crippen LogP contribution in [0.25, 0.3) is 0 Å². The maximum Gasteiger partial charge on any atom is 0.333 e. The van der Waals surface area contributed by atoms with Gasteiger partial charge >= 0.3 is 5.97 Å². The summed E-state index contributed by atoms with van der Waals surface area (Å²) < 4.78 is 87.3. The highest BCUT2D eigenvalue weighted by Gasteiger charge is 2.77. The van der Waals surface area contributed by atoms with E-state index in [1.54, 1.807) is 48.0 Å². The van der Waals surface area contributed by atoms with E-state index in [1.807, 2.05) is 20.8 Å². The molecule has 29 atom stereocenters. The molecule has 9 aliphatic rings. The Morgan fingerprint density at radius 1 is 0.659 bits per heavy atom. The number of esters is 1. The number of aliphatic hydroxyl groups excluding tert-OH is 5. The molecule has 7 N–H and O–H groups in total. The monoisotopic (exact) mass is 1170 g/mol. The van der Waals surface area contributed by atoms with E-state index in [0.29, 0.717) is 44.1 Å². The van der Waals surface area contributed by atoms with Crippen LogP contribution in [0.3, 0.4) is 0 Å². The van der Waals surface area contributed by atoms with Gasteiger partial charge in [0.15, 0.2) is 31.5 Å². The summed E-state index contributed by atoms with van der Waals surface area (Å²) in [5, 5.41) is 78.2. The van der Waals surface area contributed by atoms with Gasteiger partial charge in [-0.2, -0.15) is 0 Å². The number of aliphatic hydroxyl groups is 7. The molecule has 0 aromatic carbocycles. The molecule has 9 rings (SSSR count). The van der Waals surface area contributed by atoms with Crippen molar-refractivity contribution in [2.45, 2.75) is 285 Å². The van der Waals surface area contributed by atoms with E-state index in [1.165, 1.54) is 14.0 Å². The Hall–Kier alpha value is -2.18. The number of methoxy groups -OCH3 is 3. The first-order chi connectivity index (χ1) is 38.8. The van der Waals surface area contributed by atoms with Gasteiger partial charge in [-0.25, -0.2) is 4.79 Å². The molecule has 82 heavy (non-hydrogen) atoms. The summed E-state index contributed by atoms with van der Waals surface area (Å²) in [5.41, 5.74) is -3.43. The zero-order valence-electron chi connectivity index (χ0n) is 49.7. The number of ether oxygens (including phenoxy) is 14. The molecule has 0 aromatic rings. The van der Waals surface area contributed by atoms with Crippen LogP contribution in [0, 0.1) is 22.7 Å². The summed E-state index contributed by atoms with van der Waals surface area (Å²) in [6.07, 6.45) is -11.3. The van der Waals surface area contributed by atoms with Crippen LogP contribution in [-0.4, -0.2) is 228 Å². The highest BCUT2D eigenvalue weighted by atomic mass is 16.8. The van der Waals surface area contributed by atoms with Gasteiger partial charge in [0.05, 0.1) is 61.5 Å². The summed E-state index contributed by atoms with van der Waals surface area (Å²) in [7, 11) is 4.68. The molecule has 0 unspecified atom stereocenters. The van der Waals surface area contributed by atoms with Crippen molar-refractivity contribution >= 4 is 11.8 Å². The minimum Gasteiger partial charge on any atom is -0.458 e. The van der Waals surface area contributed by atoms with Crippen molar-refractivity contribution in [3.63, 3.8) is 0 Å². The van der Waals surface area contributed by atoms with Gasteiger partial charge in [0.2, 0.25) is 0 Å². The lowest BCUT2D eigenvalue weighted by atomic mass is 9.43. The van der Waals surface area contributed by atoms with Gasteiger partial charge in [-0.1, -0.05) is 31.6 Å². The van der Waals surface area contributed by atoms with Crippen LogP contribution in [0.5, 0.6) is 0 Å². The van der Waals surface area contributed by atoms with E-state index in [-0.39, 0.29) is 44.0 Å². The summed E-state index contributed by atoms with van der Waals surface area (Å²) >= 11 is 0. The summed E-state index contributed by atoms with van der Waals surface area (Å²) in [6, 6.07) is 0. The van der Waals surface area contributed by atoms with Crippen LogP contribution >= 0.6 is 0 Å². The highest BCUT2D eigenvalue weighted by Crippen LogP contribution is 2.70. The first-order valence-corrected chi connectivity index (χ1v) is 29.7. The number of carbonyl (C=O) groups excluding carboxylic acids is 2. The maximum absolute atomic E-state index is 13.4. The third kappa shape index (κ3) is 11.7. The number of ketones is 1. The SMILES string of the molecule is C/C=C(\C)C(=O)O[C@@H]1C[C@@H]2[C@@]3(C)CC[C@H](O[C@H]4C[C@H](OC)[C@H](O[C@H]5C[C@H](O)[C@H](O[C@H]6C[C@H](OC)[C@H](O[C@H]7C[C@H](OC)[C@H](O[C@@H]8O[C@H](CO)[C@@H](O)[C@H](O)[C@H]8O)[C@@H](C)O7)[C@@H](C)O6)[C@@H](C)O5)[C@@H](C)O4)CC3=CC[C@@]2(O)[C@@]2(O)CC[C@H](C(C)=O)[C@@]12C. The average Bonchev–Trinajstić information content (AvgIpc) is 1.32. The van der Waals surface area contributed by atoms with Crippen LogP contribution in [-0.2, 0) is 75.9 Å². The quantitative estimate of drug-likeness (QED) is 0.0625. The lowest BCUT2D eigenvalue weighted by Gasteiger charge is -2.66. The Labute approximate surface area is 481 Å². The Bertz CT molecular complexity index is 2260. The molecule has 0 bridgehead atoms. The third-order valence-corrected chi connectivity index (χ3v) is 20.7. The molecule has 5 heterocycles. The molecule has 468 valence electrons. The van der Waals surface area contributed by atoms with Crippen molar-refractivity contribution in [1.82, 2.24) is 0 Å². The second kappa shape index (κ2) is 25.5.